The summed E-state index contributed by atoms with van der Waals surface area (Å²) in [5.41, 5.74) is 32.5. The van der Waals surface area contributed by atoms with Crippen LogP contribution < -0.4 is 0 Å². The number of rotatable bonds is 10. The van der Waals surface area contributed by atoms with Crippen molar-refractivity contribution < 1.29 is 0 Å². The molecule has 131 heavy (non-hydrogen) atoms. The van der Waals surface area contributed by atoms with Gasteiger partial charge in [-0.3, -0.25) is 0 Å². The Kier molecular flexibility index (Phi) is 17.5. The number of aromatic nitrogens is 7. The molecule has 0 radical (unpaired) electrons. The average Bonchev–Trinajstić information content (AvgIpc) is 1.58. The molecular weight excluding hydrogens is 1590 g/mol. The number of hydrogen-bond donors (Lipinski definition) is 0. The molecule has 7 aromatic heterocycles. The zero-order valence-corrected chi connectivity index (χ0v) is 71.4. The molecule has 28 rings (SSSR count). The van der Waals surface area contributed by atoms with Crippen molar-refractivity contribution in [3.63, 3.8) is 0 Å². The Labute approximate surface area is 754 Å². The van der Waals surface area contributed by atoms with Crippen LogP contribution >= 0.6 is 0 Å². The highest BCUT2D eigenvalue weighted by Gasteiger charge is 2.23. The van der Waals surface area contributed by atoms with Gasteiger partial charge in [0.05, 0.1) is 77.2 Å². The first-order chi connectivity index (χ1) is 65.0. The van der Waals surface area contributed by atoms with Crippen molar-refractivity contribution in [1.82, 2.24) is 32.0 Å². The Morgan fingerprint density at radius 1 is 0.0916 bits per heavy atom. The number of benzene rings is 21. The molecule has 0 bridgehead atoms. The summed E-state index contributed by atoms with van der Waals surface area (Å²) in [5.74, 6) is 0. The summed E-state index contributed by atoms with van der Waals surface area (Å²) in [7, 11) is 0. The summed E-state index contributed by atoms with van der Waals surface area (Å²) in [4.78, 5) is 0. The number of fused-ring (bicyclic) bond motifs is 22. The molecule has 0 spiro atoms. The molecule has 0 aliphatic rings. The van der Waals surface area contributed by atoms with Crippen molar-refractivity contribution >= 4 is 163 Å². The van der Waals surface area contributed by atoms with Gasteiger partial charge in [-0.1, -0.05) is 303 Å². The third kappa shape index (κ3) is 12.3. The maximum absolute atomic E-state index is 2.42. The van der Waals surface area contributed by atoms with Gasteiger partial charge in [0.2, 0.25) is 0 Å². The van der Waals surface area contributed by atoms with E-state index in [2.05, 4.69) is 523 Å². The van der Waals surface area contributed by atoms with E-state index >= 15 is 0 Å². The number of hydrogen-bond acceptors (Lipinski definition) is 0. The summed E-state index contributed by atoms with van der Waals surface area (Å²) in [6.45, 7) is 0. The van der Waals surface area contributed by atoms with Crippen LogP contribution in [-0.4, -0.2) is 32.0 Å². The van der Waals surface area contributed by atoms with Crippen molar-refractivity contribution in [3.8, 4) is 73.2 Å². The maximum atomic E-state index is 2.42. The van der Waals surface area contributed by atoms with Crippen LogP contribution in [0.1, 0.15) is 0 Å². The molecule has 0 amide bonds. The van der Waals surface area contributed by atoms with E-state index in [1.165, 1.54) is 231 Å². The largest absolute Gasteiger partial charge is 0.309 e. The second-order valence-electron chi connectivity index (χ2n) is 34.3. The molecule has 7 heterocycles. The molecule has 21 aromatic carbocycles. The van der Waals surface area contributed by atoms with Crippen molar-refractivity contribution in [2.45, 2.75) is 0 Å². The van der Waals surface area contributed by atoms with Crippen LogP contribution in [0.25, 0.3) is 237 Å². The van der Waals surface area contributed by atoms with Crippen molar-refractivity contribution in [2.24, 2.45) is 0 Å². The van der Waals surface area contributed by atoms with Gasteiger partial charge in [0, 0.05) is 115 Å². The van der Waals surface area contributed by atoms with Gasteiger partial charge in [0.1, 0.15) is 0 Å². The minimum atomic E-state index is 1.15. The zero-order chi connectivity index (χ0) is 86.1. The topological polar surface area (TPSA) is 34.5 Å². The van der Waals surface area contributed by atoms with Gasteiger partial charge in [-0.2, -0.15) is 0 Å². The summed E-state index contributed by atoms with van der Waals surface area (Å²) in [5, 5.41) is 20.2. The minimum Gasteiger partial charge on any atom is -0.309 e. The van der Waals surface area contributed by atoms with E-state index in [0.717, 1.165) is 5.69 Å². The van der Waals surface area contributed by atoms with Crippen LogP contribution in [0.2, 0.25) is 0 Å². The predicted molar refractivity (Wildman–Crippen MR) is 554 cm³/mol. The van der Waals surface area contributed by atoms with Gasteiger partial charge >= 0.3 is 0 Å². The fraction of sp³-hybridized carbons (Fsp3) is 0. The summed E-state index contributed by atoms with van der Waals surface area (Å²) < 4.78 is 16.8. The third-order valence-corrected chi connectivity index (χ3v) is 27.0. The lowest BCUT2D eigenvalue weighted by molar-refractivity contribution is 1.17. The van der Waals surface area contributed by atoms with Crippen LogP contribution in [0, 0.1) is 0 Å². The zero-order valence-electron chi connectivity index (χ0n) is 71.4. The molecule has 612 valence electrons. The van der Waals surface area contributed by atoms with E-state index in [9.17, 15) is 0 Å². The molecule has 0 saturated heterocycles. The Hall–Kier alpha value is -17.5. The Morgan fingerprint density at radius 2 is 0.290 bits per heavy atom. The summed E-state index contributed by atoms with van der Waals surface area (Å²) >= 11 is 0. The van der Waals surface area contributed by atoms with Gasteiger partial charge in [-0.25, -0.2) is 0 Å². The molecule has 0 saturated carbocycles. The SMILES string of the molecule is c1ccc(-c2cccc(-n3c4ccccc4c4cc(-c5ccc6c(c5)c5ccccc5n6-c5ccc6ccccc6c5)ccc43)c2)cc1.c1ccc(-n2c3ccccc3c3cc(-c4cccc(-n5c6ccccc6c6cc(-n7c8ccccc8c8ccccc87)ccc65)c4)ccc32)cc1.c1ccc(-n2c3ccccc3c3cc(-n4c5ccccc5c5ccccc54)ccc32)cc1. The first kappa shape index (κ1) is 74.9. The van der Waals surface area contributed by atoms with E-state index in [1.54, 1.807) is 0 Å². The fourth-order valence-corrected chi connectivity index (χ4v) is 21.2. The normalized spacial score (nSPS) is 11.8. The second kappa shape index (κ2) is 30.7. The summed E-state index contributed by atoms with van der Waals surface area (Å²) in [6, 6.07) is 178. The van der Waals surface area contributed by atoms with E-state index in [0.29, 0.717) is 0 Å². The Bertz CT molecular complexity index is 9330. The Balaban J connectivity index is 0.000000106. The van der Waals surface area contributed by atoms with Crippen LogP contribution in [0.5, 0.6) is 0 Å². The quantitative estimate of drug-likeness (QED) is 0.131. The van der Waals surface area contributed by atoms with Gasteiger partial charge < -0.3 is 32.0 Å². The summed E-state index contributed by atoms with van der Waals surface area (Å²) in [6.07, 6.45) is 0. The highest BCUT2D eigenvalue weighted by atomic mass is 15.0. The molecule has 0 unspecified atom stereocenters. The molecule has 0 fully saturated rings. The van der Waals surface area contributed by atoms with Crippen LogP contribution in [0.3, 0.4) is 0 Å². The lowest BCUT2D eigenvalue weighted by Gasteiger charge is -2.12. The third-order valence-electron chi connectivity index (χ3n) is 27.0. The molecule has 28 aromatic rings. The minimum absolute atomic E-state index is 1.15. The smallest absolute Gasteiger partial charge is 0.0542 e. The lowest BCUT2D eigenvalue weighted by atomic mass is 10.0. The second-order valence-corrected chi connectivity index (χ2v) is 34.3. The molecule has 0 aliphatic heterocycles. The molecule has 0 atom stereocenters. The molecule has 0 aliphatic carbocycles. The molecule has 7 heteroatoms. The lowest BCUT2D eigenvalue weighted by Crippen LogP contribution is -1.96. The number of nitrogens with zero attached hydrogens (tertiary/aromatic N) is 7. The van der Waals surface area contributed by atoms with Gasteiger partial charge in [-0.05, 0) is 232 Å². The molecule has 0 N–H and O–H groups in total. The predicted octanol–water partition coefficient (Wildman–Crippen LogP) is 32.9. The fourth-order valence-electron chi connectivity index (χ4n) is 21.2. The van der Waals surface area contributed by atoms with Gasteiger partial charge in [0.15, 0.2) is 0 Å². The van der Waals surface area contributed by atoms with Crippen molar-refractivity contribution in [1.29, 1.82) is 0 Å². The standard InChI is InChI=1S/C48H31N3.C46H30N2.C30H20N2/c1-2-14-34(15-3-1)49-45-23-10-6-19-39(45)41-30-33(25-27-47(41)49)32-13-12-16-35(29-32)50-46-24-11-7-20-40(46)42-31-36(26-28-48(42)50)51-43-21-8-4-17-37(43)38-18-5-9-22-44(38)51;1-2-11-31(12-3-1)34-15-10-16-37(27-34)47-43-19-8-6-17-39(43)41-29-35(22-25-45(41)47)36-23-26-46-42(30-36)40-18-7-9-20-44(40)48(46)38-24-21-32-13-4-5-14-33(32)28-38;1-2-10-21(11-3-1)31-29-17-9-6-14-25(29)26-20-22(18-19-30(26)31)32-27-15-7-4-12-23(27)24-13-5-8-16-28(24)32/h1-31H;1-30H;1-20H. The van der Waals surface area contributed by atoms with Crippen molar-refractivity contribution in [2.75, 3.05) is 0 Å². The maximum Gasteiger partial charge on any atom is 0.0542 e. The van der Waals surface area contributed by atoms with Crippen LogP contribution in [0.4, 0.5) is 0 Å². The van der Waals surface area contributed by atoms with E-state index < -0.39 is 0 Å². The monoisotopic (exact) mass is 1670 g/mol. The highest BCUT2D eigenvalue weighted by molar-refractivity contribution is 6.18. The first-order valence-corrected chi connectivity index (χ1v) is 45.0. The van der Waals surface area contributed by atoms with E-state index in [1.807, 2.05) is 0 Å². The Morgan fingerprint density at radius 3 is 0.618 bits per heavy atom. The molecule has 7 nitrogen and oxygen atoms in total. The van der Waals surface area contributed by atoms with E-state index in [-0.39, 0.29) is 0 Å². The van der Waals surface area contributed by atoms with Crippen LogP contribution in [0.15, 0.2) is 491 Å². The van der Waals surface area contributed by atoms with E-state index in [4.69, 9.17) is 0 Å². The average molecular weight is 1670 g/mol. The first-order valence-electron chi connectivity index (χ1n) is 45.0. The van der Waals surface area contributed by atoms with Gasteiger partial charge in [-0.15, -0.1) is 0 Å². The van der Waals surface area contributed by atoms with Crippen molar-refractivity contribution in [3.05, 3.63) is 491 Å². The van der Waals surface area contributed by atoms with Gasteiger partial charge in [0.25, 0.3) is 0 Å². The molecular formula is C124H81N7. The number of para-hydroxylation sites is 11. The highest BCUT2D eigenvalue weighted by Crippen LogP contribution is 2.45. The van der Waals surface area contributed by atoms with Crippen LogP contribution in [-0.2, 0) is 0 Å².